The fraction of sp³-hybridized carbons (Fsp3) is 0.500. The Morgan fingerprint density at radius 2 is 2.00 bits per heavy atom. The Morgan fingerprint density at radius 3 is 2.53 bits per heavy atom. The average molecular weight is 267 g/mol. The van der Waals surface area contributed by atoms with Gasteiger partial charge in [-0.05, 0) is 37.7 Å². The summed E-state index contributed by atoms with van der Waals surface area (Å²) in [4.78, 5) is 15.2. The maximum atomic E-state index is 13.6. The molecule has 1 N–H and O–H groups in total. The smallest absolute Gasteiger partial charge is 0.241 e. The van der Waals surface area contributed by atoms with E-state index in [4.69, 9.17) is 0 Å². The third kappa shape index (κ3) is 4.52. The normalized spacial score (nSPS) is 10.4. The second-order valence-corrected chi connectivity index (χ2v) is 4.65. The summed E-state index contributed by atoms with van der Waals surface area (Å²) in [7, 11) is 5.25. The van der Waals surface area contributed by atoms with Crippen LogP contribution in [-0.2, 0) is 11.3 Å². The van der Waals surface area contributed by atoms with E-state index in [1.165, 1.54) is 17.0 Å². The van der Waals surface area contributed by atoms with E-state index in [9.17, 15) is 9.18 Å². The fourth-order valence-corrected chi connectivity index (χ4v) is 1.81. The summed E-state index contributed by atoms with van der Waals surface area (Å²) in [5.41, 5.74) is 1.61. The van der Waals surface area contributed by atoms with Crippen molar-refractivity contribution < 1.29 is 9.18 Å². The van der Waals surface area contributed by atoms with Crippen LogP contribution >= 0.6 is 0 Å². The largest absolute Gasteiger partial charge is 0.362 e. The Bertz CT molecular complexity index is 435. The van der Waals surface area contributed by atoms with Crippen LogP contribution < -0.4 is 10.2 Å². The first-order chi connectivity index (χ1) is 8.97. The minimum atomic E-state index is -0.279. The number of hydrogen-bond acceptors (Lipinski definition) is 3. The lowest BCUT2D eigenvalue weighted by Crippen LogP contribution is -2.36. The number of hydrogen-bond donors (Lipinski definition) is 1. The highest BCUT2D eigenvalue weighted by Gasteiger charge is 2.13. The van der Waals surface area contributed by atoms with Crippen LogP contribution in [0.2, 0.25) is 0 Å². The molecule has 0 bridgehead atoms. The van der Waals surface area contributed by atoms with Crippen molar-refractivity contribution in [3.63, 3.8) is 0 Å². The zero-order valence-corrected chi connectivity index (χ0v) is 12.0. The molecular formula is C14H22FN3O. The van der Waals surface area contributed by atoms with Crippen LogP contribution in [0.3, 0.4) is 0 Å². The molecule has 0 aliphatic carbocycles. The fourth-order valence-electron chi connectivity index (χ4n) is 1.81. The maximum absolute atomic E-state index is 13.6. The molecule has 0 aliphatic heterocycles. The Balaban J connectivity index is 2.94. The van der Waals surface area contributed by atoms with E-state index in [0.717, 1.165) is 11.3 Å². The van der Waals surface area contributed by atoms with Gasteiger partial charge in [0.2, 0.25) is 5.91 Å². The molecule has 0 unspecified atom stereocenters. The molecule has 106 valence electrons. The number of carbonyl (C=O) groups is 1. The van der Waals surface area contributed by atoms with E-state index in [0.29, 0.717) is 13.1 Å². The molecule has 1 aromatic carbocycles. The van der Waals surface area contributed by atoms with Gasteiger partial charge in [0.25, 0.3) is 0 Å². The molecule has 0 heterocycles. The summed E-state index contributed by atoms with van der Waals surface area (Å²) in [6.07, 6.45) is 0. The van der Waals surface area contributed by atoms with Crippen LogP contribution in [0.4, 0.5) is 10.1 Å². The molecule has 0 aromatic heterocycles. The number of anilines is 1. The molecule has 19 heavy (non-hydrogen) atoms. The number of amides is 1. The van der Waals surface area contributed by atoms with Gasteiger partial charge in [-0.15, -0.1) is 0 Å². The minimum Gasteiger partial charge on any atom is -0.362 e. The first kappa shape index (κ1) is 15.4. The Morgan fingerprint density at radius 1 is 1.32 bits per heavy atom. The Labute approximate surface area is 114 Å². The Hall–Kier alpha value is -1.62. The zero-order valence-electron chi connectivity index (χ0n) is 12.0. The third-order valence-corrected chi connectivity index (χ3v) is 2.90. The lowest BCUT2D eigenvalue weighted by molar-refractivity contribution is -0.127. The van der Waals surface area contributed by atoms with Crippen LogP contribution in [0.5, 0.6) is 0 Å². The monoisotopic (exact) mass is 267 g/mol. The molecular weight excluding hydrogens is 245 g/mol. The van der Waals surface area contributed by atoms with Gasteiger partial charge >= 0.3 is 0 Å². The molecule has 0 spiro atoms. The number of benzene rings is 1. The van der Waals surface area contributed by atoms with Crippen LogP contribution in [0.25, 0.3) is 0 Å². The number of halogens is 1. The van der Waals surface area contributed by atoms with Gasteiger partial charge in [0, 0.05) is 32.9 Å². The number of nitrogens with one attached hydrogen (secondary N) is 1. The van der Waals surface area contributed by atoms with E-state index in [2.05, 4.69) is 5.32 Å². The van der Waals surface area contributed by atoms with Gasteiger partial charge in [0.05, 0.1) is 6.54 Å². The average Bonchev–Trinajstić information content (AvgIpc) is 2.35. The highest BCUT2D eigenvalue weighted by molar-refractivity contribution is 5.81. The molecule has 0 fully saturated rings. The van der Waals surface area contributed by atoms with Crippen molar-refractivity contribution >= 4 is 11.6 Å². The highest BCUT2D eigenvalue weighted by Crippen LogP contribution is 2.18. The van der Waals surface area contributed by atoms with Crippen molar-refractivity contribution in [1.82, 2.24) is 10.2 Å². The van der Waals surface area contributed by atoms with Gasteiger partial charge in [-0.1, -0.05) is 0 Å². The van der Waals surface area contributed by atoms with E-state index in [1.807, 2.05) is 24.9 Å². The van der Waals surface area contributed by atoms with Gasteiger partial charge in [0.1, 0.15) is 5.82 Å². The van der Waals surface area contributed by atoms with Gasteiger partial charge in [0.15, 0.2) is 0 Å². The zero-order chi connectivity index (χ0) is 14.4. The van der Waals surface area contributed by atoms with E-state index in [-0.39, 0.29) is 18.3 Å². The molecule has 0 atom stereocenters. The van der Waals surface area contributed by atoms with E-state index in [1.54, 1.807) is 14.1 Å². The summed E-state index contributed by atoms with van der Waals surface area (Å²) < 4.78 is 13.6. The number of nitrogens with zero attached hydrogens (tertiary/aromatic N) is 2. The molecule has 4 nitrogen and oxygen atoms in total. The summed E-state index contributed by atoms with van der Waals surface area (Å²) in [5.74, 6) is -0.278. The van der Waals surface area contributed by atoms with Crippen molar-refractivity contribution in [2.24, 2.45) is 0 Å². The van der Waals surface area contributed by atoms with Crippen molar-refractivity contribution in [2.45, 2.75) is 13.5 Å². The minimum absolute atomic E-state index is 0.00118. The summed E-state index contributed by atoms with van der Waals surface area (Å²) in [5, 5.41) is 2.99. The summed E-state index contributed by atoms with van der Waals surface area (Å²) in [6.45, 7) is 3.46. The molecule has 5 heteroatoms. The second-order valence-electron chi connectivity index (χ2n) is 4.65. The number of rotatable bonds is 6. The first-order valence-electron chi connectivity index (χ1n) is 6.37. The first-order valence-corrected chi connectivity index (χ1v) is 6.37. The van der Waals surface area contributed by atoms with Gasteiger partial charge < -0.3 is 15.1 Å². The molecule has 0 saturated carbocycles. The second kappa shape index (κ2) is 7.09. The van der Waals surface area contributed by atoms with Crippen LogP contribution in [-0.4, -0.2) is 45.0 Å². The quantitative estimate of drug-likeness (QED) is 0.847. The number of carbonyl (C=O) groups excluding carboxylic acids is 1. The number of likely N-dealkylation sites (N-methyl/N-ethyl adjacent to an activating group) is 2. The van der Waals surface area contributed by atoms with Crippen molar-refractivity contribution in [1.29, 1.82) is 0 Å². The summed E-state index contributed by atoms with van der Waals surface area (Å²) in [6, 6.07) is 4.87. The molecule has 0 aliphatic rings. The molecule has 0 radical (unpaired) electrons. The van der Waals surface area contributed by atoms with Gasteiger partial charge in [-0.25, -0.2) is 4.39 Å². The predicted octanol–water partition coefficient (Wildman–Crippen LogP) is 1.46. The molecule has 1 aromatic rings. The molecule has 0 saturated heterocycles. The topological polar surface area (TPSA) is 35.6 Å². The summed E-state index contributed by atoms with van der Waals surface area (Å²) >= 11 is 0. The van der Waals surface area contributed by atoms with Crippen LogP contribution in [0.15, 0.2) is 18.2 Å². The predicted molar refractivity (Wildman–Crippen MR) is 75.7 cm³/mol. The van der Waals surface area contributed by atoms with Crippen LogP contribution in [0.1, 0.15) is 12.5 Å². The van der Waals surface area contributed by atoms with Crippen molar-refractivity contribution in [3.05, 3.63) is 29.6 Å². The lowest BCUT2D eigenvalue weighted by atomic mass is 10.1. The Kier molecular flexibility index (Phi) is 5.76. The van der Waals surface area contributed by atoms with E-state index < -0.39 is 0 Å². The van der Waals surface area contributed by atoms with Gasteiger partial charge in [-0.2, -0.15) is 0 Å². The third-order valence-electron chi connectivity index (χ3n) is 2.90. The SMILES string of the molecule is CCN(CC(=O)N(C)C)c1cc(F)cc(CNC)c1. The van der Waals surface area contributed by atoms with Crippen molar-refractivity contribution in [3.8, 4) is 0 Å². The van der Waals surface area contributed by atoms with Crippen molar-refractivity contribution in [2.75, 3.05) is 39.1 Å². The van der Waals surface area contributed by atoms with E-state index >= 15 is 0 Å². The lowest BCUT2D eigenvalue weighted by Gasteiger charge is -2.24. The molecule has 1 amide bonds. The van der Waals surface area contributed by atoms with Crippen LogP contribution in [0, 0.1) is 5.82 Å². The standard InChI is InChI=1S/C14H22FN3O/c1-5-18(10-14(19)17(3)4)13-7-11(9-16-2)6-12(15)8-13/h6-8,16H,5,9-10H2,1-4H3. The molecule has 1 rings (SSSR count). The highest BCUT2D eigenvalue weighted by atomic mass is 19.1. The maximum Gasteiger partial charge on any atom is 0.241 e. The van der Waals surface area contributed by atoms with Gasteiger partial charge in [-0.3, -0.25) is 4.79 Å².